The Labute approximate surface area is 147 Å². The zero-order chi connectivity index (χ0) is 17.3. The van der Waals surface area contributed by atoms with Gasteiger partial charge in [-0.25, -0.2) is 0 Å². The average molecular weight is 338 g/mol. The summed E-state index contributed by atoms with van der Waals surface area (Å²) >= 11 is 0. The van der Waals surface area contributed by atoms with Crippen molar-refractivity contribution >= 4 is 17.4 Å². The Morgan fingerprint density at radius 2 is 2.32 bits per heavy atom. The van der Waals surface area contributed by atoms with Crippen molar-refractivity contribution in [1.29, 1.82) is 0 Å². The lowest BCUT2D eigenvalue weighted by Crippen LogP contribution is -2.68. The van der Waals surface area contributed by atoms with E-state index in [0.717, 1.165) is 42.9 Å². The number of allylic oxidation sites excluding steroid dienone is 1. The maximum absolute atomic E-state index is 13.0. The fourth-order valence-corrected chi connectivity index (χ4v) is 5.80. The van der Waals surface area contributed by atoms with Crippen molar-refractivity contribution in [2.75, 3.05) is 20.2 Å². The van der Waals surface area contributed by atoms with Crippen molar-refractivity contribution in [3.05, 3.63) is 35.4 Å². The van der Waals surface area contributed by atoms with E-state index in [9.17, 15) is 9.90 Å². The molecule has 3 heterocycles. The number of nitrogens with zero attached hydrogens (tertiary/aromatic N) is 2. The number of aromatic hydroxyl groups is 1. The Morgan fingerprint density at radius 3 is 3.08 bits per heavy atom. The molecule has 1 N–H and O–H groups in total. The number of hydrogen-bond donors (Lipinski definition) is 1. The van der Waals surface area contributed by atoms with E-state index in [-0.39, 0.29) is 29.6 Å². The lowest BCUT2D eigenvalue weighted by Gasteiger charge is -2.59. The van der Waals surface area contributed by atoms with E-state index in [1.165, 1.54) is 12.7 Å². The summed E-state index contributed by atoms with van der Waals surface area (Å²) in [6.45, 7) is 3.92. The molecular formula is C20H22N2O3. The maximum atomic E-state index is 13.0. The van der Waals surface area contributed by atoms with Crippen LogP contribution in [0.4, 0.5) is 5.69 Å². The van der Waals surface area contributed by atoms with E-state index in [1.54, 1.807) is 6.07 Å². The smallest absolute Gasteiger partial charge is 0.310 e. The van der Waals surface area contributed by atoms with Gasteiger partial charge in [-0.1, -0.05) is 11.6 Å². The van der Waals surface area contributed by atoms with Crippen LogP contribution in [0.5, 0.6) is 5.75 Å². The van der Waals surface area contributed by atoms with Crippen LogP contribution in [0.2, 0.25) is 0 Å². The van der Waals surface area contributed by atoms with E-state index < -0.39 is 5.41 Å². The van der Waals surface area contributed by atoms with Crippen LogP contribution in [0.25, 0.3) is 0 Å². The molecule has 3 aliphatic heterocycles. The van der Waals surface area contributed by atoms with Crippen molar-refractivity contribution in [1.82, 2.24) is 4.90 Å². The first-order chi connectivity index (χ1) is 12.1. The molecule has 5 nitrogen and oxygen atoms in total. The van der Waals surface area contributed by atoms with E-state index in [1.807, 2.05) is 12.1 Å². The van der Waals surface area contributed by atoms with Gasteiger partial charge in [0.2, 0.25) is 0 Å². The number of fused-ring (bicyclic) bond motifs is 2. The molecule has 4 aliphatic rings. The van der Waals surface area contributed by atoms with Crippen LogP contribution < -0.4 is 0 Å². The molecule has 130 valence electrons. The minimum atomic E-state index is -0.431. The number of benzene rings is 1. The van der Waals surface area contributed by atoms with Crippen molar-refractivity contribution < 1.29 is 14.6 Å². The lowest BCUT2D eigenvalue weighted by molar-refractivity contribution is -0.151. The molecule has 1 aromatic rings. The van der Waals surface area contributed by atoms with Gasteiger partial charge in [0.05, 0.1) is 24.1 Å². The number of ether oxygens (including phenoxy) is 1. The number of esters is 1. The summed E-state index contributed by atoms with van der Waals surface area (Å²) < 4.78 is 5.27. The number of piperidine rings is 2. The Kier molecular flexibility index (Phi) is 2.99. The largest absolute Gasteiger partial charge is 0.508 e. The molecule has 0 amide bonds. The zero-order valence-electron chi connectivity index (χ0n) is 14.5. The number of carbonyl (C=O) groups excluding carboxylic acids is 1. The van der Waals surface area contributed by atoms with Gasteiger partial charge in [-0.05, 0) is 49.4 Å². The molecule has 3 bridgehead atoms. The van der Waals surface area contributed by atoms with Crippen LogP contribution in [0.3, 0.4) is 0 Å². The highest BCUT2D eigenvalue weighted by molar-refractivity contribution is 6.09. The Morgan fingerprint density at radius 1 is 1.48 bits per heavy atom. The van der Waals surface area contributed by atoms with Crippen LogP contribution in [0.15, 0.2) is 34.8 Å². The number of aliphatic imine (C=N–C) groups is 1. The highest BCUT2D eigenvalue weighted by Gasteiger charge is 2.65. The minimum absolute atomic E-state index is 0.151. The molecule has 1 saturated carbocycles. The second-order valence-corrected chi connectivity index (χ2v) is 7.61. The summed E-state index contributed by atoms with van der Waals surface area (Å²) in [7, 11) is 1.48. The predicted molar refractivity (Wildman–Crippen MR) is 94.2 cm³/mol. The summed E-state index contributed by atoms with van der Waals surface area (Å²) in [5, 5.41) is 10.1. The third-order valence-corrected chi connectivity index (χ3v) is 6.81. The van der Waals surface area contributed by atoms with E-state index in [4.69, 9.17) is 9.73 Å². The van der Waals surface area contributed by atoms with Gasteiger partial charge in [-0.3, -0.25) is 14.7 Å². The van der Waals surface area contributed by atoms with Gasteiger partial charge >= 0.3 is 5.97 Å². The number of hydrogen-bond acceptors (Lipinski definition) is 5. The molecule has 1 aliphatic carbocycles. The van der Waals surface area contributed by atoms with Crippen LogP contribution in [0.1, 0.15) is 25.3 Å². The zero-order valence-corrected chi connectivity index (χ0v) is 14.5. The standard InChI is InChI=1S/C20H22N2O3/c1-3-11-10-22-7-6-20-14-8-12(23)4-5-15(14)21-18(20)16(22)9-13(11)17(20)19(24)25-2/h3-5,8,13,16-17,23H,6-7,9-10H2,1-2H3. The molecule has 1 aromatic carbocycles. The maximum Gasteiger partial charge on any atom is 0.310 e. The SMILES string of the molecule is CC=C1CN2CCC34C(=Nc5ccc(O)cc53)C2CC1C4C(=O)OC. The Bertz CT molecular complexity index is 843. The summed E-state index contributed by atoms with van der Waals surface area (Å²) in [4.78, 5) is 20.4. The average Bonchev–Trinajstić information content (AvgIpc) is 2.95. The number of phenolic OH excluding ortho intramolecular Hbond substituents is 1. The lowest BCUT2D eigenvalue weighted by atomic mass is 9.51. The van der Waals surface area contributed by atoms with E-state index >= 15 is 0 Å². The van der Waals surface area contributed by atoms with Gasteiger partial charge in [-0.2, -0.15) is 0 Å². The summed E-state index contributed by atoms with van der Waals surface area (Å²) in [6, 6.07) is 5.66. The molecular weight excluding hydrogens is 316 g/mol. The molecule has 5 rings (SSSR count). The summed E-state index contributed by atoms with van der Waals surface area (Å²) in [6.07, 6.45) is 3.95. The van der Waals surface area contributed by atoms with Crippen LogP contribution in [0, 0.1) is 11.8 Å². The molecule has 3 fully saturated rings. The molecule has 25 heavy (non-hydrogen) atoms. The number of carbonyl (C=O) groups is 1. The molecule has 2 saturated heterocycles. The van der Waals surface area contributed by atoms with Gasteiger partial charge in [0.25, 0.3) is 0 Å². The molecule has 5 heteroatoms. The van der Waals surface area contributed by atoms with Crippen LogP contribution in [-0.2, 0) is 14.9 Å². The van der Waals surface area contributed by atoms with Crippen molar-refractivity contribution in [2.24, 2.45) is 16.8 Å². The minimum Gasteiger partial charge on any atom is -0.508 e. The molecule has 0 spiro atoms. The van der Waals surface area contributed by atoms with Gasteiger partial charge in [-0.15, -0.1) is 0 Å². The fraction of sp³-hybridized carbons (Fsp3) is 0.500. The highest BCUT2D eigenvalue weighted by Crippen LogP contribution is 2.60. The van der Waals surface area contributed by atoms with Crippen molar-refractivity contribution in [3.8, 4) is 5.75 Å². The fourth-order valence-electron chi connectivity index (χ4n) is 5.80. The van der Waals surface area contributed by atoms with E-state index in [0.29, 0.717) is 0 Å². The number of phenols is 1. The van der Waals surface area contributed by atoms with Gasteiger partial charge < -0.3 is 9.84 Å². The van der Waals surface area contributed by atoms with Crippen molar-refractivity contribution in [3.63, 3.8) is 0 Å². The topological polar surface area (TPSA) is 62.1 Å². The first-order valence-corrected chi connectivity index (χ1v) is 8.99. The second kappa shape index (κ2) is 4.94. The monoisotopic (exact) mass is 338 g/mol. The third kappa shape index (κ3) is 1.72. The first kappa shape index (κ1) is 15.1. The molecule has 0 aromatic heterocycles. The number of methoxy groups -OCH3 is 1. The second-order valence-electron chi connectivity index (χ2n) is 7.61. The van der Waals surface area contributed by atoms with Crippen LogP contribution in [-0.4, -0.2) is 47.9 Å². The van der Waals surface area contributed by atoms with Crippen LogP contribution >= 0.6 is 0 Å². The Hall–Kier alpha value is -2.14. The van der Waals surface area contributed by atoms with Crippen molar-refractivity contribution in [2.45, 2.75) is 31.2 Å². The molecule has 0 radical (unpaired) electrons. The predicted octanol–water partition coefficient (Wildman–Crippen LogP) is 2.56. The number of rotatable bonds is 1. The molecule has 4 atom stereocenters. The highest BCUT2D eigenvalue weighted by atomic mass is 16.5. The first-order valence-electron chi connectivity index (χ1n) is 8.99. The quantitative estimate of drug-likeness (QED) is 0.631. The van der Waals surface area contributed by atoms with Gasteiger partial charge in [0.1, 0.15) is 5.75 Å². The van der Waals surface area contributed by atoms with Gasteiger partial charge in [0.15, 0.2) is 0 Å². The third-order valence-electron chi connectivity index (χ3n) is 6.81. The molecule has 4 unspecified atom stereocenters. The normalized spacial score (nSPS) is 36.8. The van der Waals surface area contributed by atoms with Gasteiger partial charge in [0, 0.05) is 24.8 Å². The van der Waals surface area contributed by atoms with E-state index in [2.05, 4.69) is 17.9 Å². The summed E-state index contributed by atoms with van der Waals surface area (Å²) in [5.41, 5.74) is 3.92. The summed E-state index contributed by atoms with van der Waals surface area (Å²) in [5.74, 6) is 0.00935. The Balaban J connectivity index is 1.79.